The molecule has 3 atom stereocenters. The Hall–Kier alpha value is -0.0800. The van der Waals surface area contributed by atoms with Crippen LogP contribution < -0.4 is 5.32 Å². The van der Waals surface area contributed by atoms with E-state index in [-0.39, 0.29) is 0 Å². The molecule has 0 aromatic rings. The van der Waals surface area contributed by atoms with E-state index in [1.165, 1.54) is 58.2 Å². The molecule has 0 aliphatic heterocycles. The van der Waals surface area contributed by atoms with Crippen molar-refractivity contribution in [1.82, 2.24) is 10.2 Å². The first-order chi connectivity index (χ1) is 9.88. The SMILES string of the molecule is CCCNCC1(CN(C)C(C)CC(C)C)CCCC(C)C1. The molecule has 0 amide bonds. The molecule has 3 unspecified atom stereocenters. The van der Waals surface area contributed by atoms with Crippen molar-refractivity contribution in [2.75, 3.05) is 26.7 Å². The second kappa shape index (κ2) is 9.15. The minimum absolute atomic E-state index is 0.507. The van der Waals surface area contributed by atoms with Gasteiger partial charge in [-0.05, 0) is 63.5 Å². The first-order valence-corrected chi connectivity index (χ1v) is 9.29. The average Bonchev–Trinajstić information content (AvgIpc) is 2.38. The highest BCUT2D eigenvalue weighted by Gasteiger charge is 2.36. The number of hydrogen-bond donors (Lipinski definition) is 1. The number of nitrogens with one attached hydrogen (secondary N) is 1. The number of hydrogen-bond acceptors (Lipinski definition) is 2. The summed E-state index contributed by atoms with van der Waals surface area (Å²) in [6, 6.07) is 0.699. The highest BCUT2D eigenvalue weighted by Crippen LogP contribution is 2.40. The predicted molar refractivity (Wildman–Crippen MR) is 94.8 cm³/mol. The maximum atomic E-state index is 3.72. The Balaban J connectivity index is 2.63. The van der Waals surface area contributed by atoms with E-state index in [0.717, 1.165) is 11.8 Å². The summed E-state index contributed by atoms with van der Waals surface area (Å²) in [5.41, 5.74) is 0.507. The lowest BCUT2D eigenvalue weighted by Crippen LogP contribution is -2.48. The Bertz CT molecular complexity index is 277. The van der Waals surface area contributed by atoms with E-state index in [2.05, 4.69) is 51.9 Å². The molecule has 0 aromatic carbocycles. The molecule has 0 radical (unpaired) electrons. The van der Waals surface area contributed by atoms with Gasteiger partial charge in [0.1, 0.15) is 0 Å². The smallest absolute Gasteiger partial charge is 0.00665 e. The number of nitrogens with zero attached hydrogens (tertiary/aromatic N) is 1. The van der Waals surface area contributed by atoms with Crippen LogP contribution in [0.5, 0.6) is 0 Å². The first kappa shape index (κ1) is 19.0. The summed E-state index contributed by atoms with van der Waals surface area (Å²) in [7, 11) is 2.34. The Morgan fingerprint density at radius 1 is 1.29 bits per heavy atom. The van der Waals surface area contributed by atoms with Crippen LogP contribution in [0.25, 0.3) is 0 Å². The first-order valence-electron chi connectivity index (χ1n) is 9.29. The lowest BCUT2D eigenvalue weighted by atomic mass is 9.69. The van der Waals surface area contributed by atoms with E-state index >= 15 is 0 Å². The maximum Gasteiger partial charge on any atom is 0.00665 e. The number of rotatable bonds is 9. The highest BCUT2D eigenvalue weighted by molar-refractivity contribution is 4.90. The van der Waals surface area contributed by atoms with Gasteiger partial charge in [0.15, 0.2) is 0 Å². The summed E-state index contributed by atoms with van der Waals surface area (Å²) in [6.45, 7) is 15.4. The van der Waals surface area contributed by atoms with E-state index in [9.17, 15) is 0 Å². The maximum absolute atomic E-state index is 3.72. The van der Waals surface area contributed by atoms with Gasteiger partial charge < -0.3 is 10.2 Å². The van der Waals surface area contributed by atoms with Crippen molar-refractivity contribution in [3.63, 3.8) is 0 Å². The molecular formula is C19H40N2. The van der Waals surface area contributed by atoms with E-state index in [4.69, 9.17) is 0 Å². The lowest BCUT2D eigenvalue weighted by molar-refractivity contribution is 0.0714. The van der Waals surface area contributed by atoms with Gasteiger partial charge in [0, 0.05) is 19.1 Å². The second-order valence-electron chi connectivity index (χ2n) is 8.27. The van der Waals surface area contributed by atoms with Crippen LogP contribution in [0.2, 0.25) is 0 Å². The van der Waals surface area contributed by atoms with Gasteiger partial charge in [-0.2, -0.15) is 0 Å². The molecule has 0 aromatic heterocycles. The molecule has 0 spiro atoms. The summed E-state index contributed by atoms with van der Waals surface area (Å²) in [5.74, 6) is 1.69. The highest BCUT2D eigenvalue weighted by atomic mass is 15.1. The fourth-order valence-electron chi connectivity index (χ4n) is 4.21. The fraction of sp³-hybridized carbons (Fsp3) is 1.00. The van der Waals surface area contributed by atoms with Crippen molar-refractivity contribution in [3.8, 4) is 0 Å². The van der Waals surface area contributed by atoms with Crippen LogP contribution in [0.15, 0.2) is 0 Å². The van der Waals surface area contributed by atoms with Gasteiger partial charge in [-0.3, -0.25) is 0 Å². The molecule has 126 valence electrons. The van der Waals surface area contributed by atoms with Gasteiger partial charge in [-0.15, -0.1) is 0 Å². The summed E-state index contributed by atoms with van der Waals surface area (Å²) >= 11 is 0. The van der Waals surface area contributed by atoms with Crippen molar-refractivity contribution in [3.05, 3.63) is 0 Å². The zero-order valence-electron chi connectivity index (χ0n) is 15.5. The molecule has 1 fully saturated rings. The van der Waals surface area contributed by atoms with E-state index in [1.54, 1.807) is 0 Å². The Morgan fingerprint density at radius 2 is 2.00 bits per heavy atom. The van der Waals surface area contributed by atoms with E-state index in [0.29, 0.717) is 11.5 Å². The van der Waals surface area contributed by atoms with Crippen LogP contribution in [-0.4, -0.2) is 37.6 Å². The topological polar surface area (TPSA) is 15.3 Å². The monoisotopic (exact) mass is 296 g/mol. The predicted octanol–water partition coefficient (Wildman–Crippen LogP) is 4.55. The average molecular weight is 297 g/mol. The summed E-state index contributed by atoms with van der Waals surface area (Å²) < 4.78 is 0. The standard InChI is InChI=1S/C19H40N2/c1-7-11-20-14-19(10-8-9-17(4)13-19)15-21(6)18(5)12-16(2)3/h16-18,20H,7-15H2,1-6H3. The Morgan fingerprint density at radius 3 is 2.57 bits per heavy atom. The Labute approximate surface area is 134 Å². The van der Waals surface area contributed by atoms with Crippen molar-refractivity contribution in [1.29, 1.82) is 0 Å². The molecule has 1 N–H and O–H groups in total. The molecular weight excluding hydrogens is 256 g/mol. The van der Waals surface area contributed by atoms with Crippen LogP contribution in [-0.2, 0) is 0 Å². The van der Waals surface area contributed by atoms with Gasteiger partial charge >= 0.3 is 0 Å². The van der Waals surface area contributed by atoms with Crippen molar-refractivity contribution in [2.45, 2.75) is 79.2 Å². The van der Waals surface area contributed by atoms with Crippen LogP contribution in [0.1, 0.15) is 73.1 Å². The third-order valence-corrected chi connectivity index (χ3v) is 5.26. The quantitative estimate of drug-likeness (QED) is 0.628. The van der Waals surface area contributed by atoms with Crippen LogP contribution in [0.3, 0.4) is 0 Å². The molecule has 1 aliphatic rings. The van der Waals surface area contributed by atoms with Gasteiger partial charge in [-0.1, -0.05) is 40.5 Å². The molecule has 21 heavy (non-hydrogen) atoms. The van der Waals surface area contributed by atoms with Crippen LogP contribution >= 0.6 is 0 Å². The molecule has 2 nitrogen and oxygen atoms in total. The normalized spacial score (nSPS) is 28.3. The zero-order valence-corrected chi connectivity index (χ0v) is 15.5. The largest absolute Gasteiger partial charge is 0.316 e. The van der Waals surface area contributed by atoms with Gasteiger partial charge in [0.25, 0.3) is 0 Å². The minimum Gasteiger partial charge on any atom is -0.316 e. The molecule has 2 heteroatoms. The van der Waals surface area contributed by atoms with Crippen molar-refractivity contribution < 1.29 is 0 Å². The van der Waals surface area contributed by atoms with Crippen LogP contribution in [0, 0.1) is 17.3 Å². The summed E-state index contributed by atoms with van der Waals surface area (Å²) in [4.78, 5) is 2.63. The van der Waals surface area contributed by atoms with Crippen molar-refractivity contribution >= 4 is 0 Å². The van der Waals surface area contributed by atoms with Gasteiger partial charge in [-0.25, -0.2) is 0 Å². The summed E-state index contributed by atoms with van der Waals surface area (Å²) in [5, 5.41) is 3.72. The van der Waals surface area contributed by atoms with Gasteiger partial charge in [0.2, 0.25) is 0 Å². The van der Waals surface area contributed by atoms with Crippen molar-refractivity contribution in [2.24, 2.45) is 17.3 Å². The molecule has 1 saturated carbocycles. The van der Waals surface area contributed by atoms with E-state index < -0.39 is 0 Å². The minimum atomic E-state index is 0.507. The fourth-order valence-corrected chi connectivity index (χ4v) is 4.21. The Kier molecular flexibility index (Phi) is 8.26. The third kappa shape index (κ3) is 6.69. The zero-order chi connectivity index (χ0) is 15.9. The van der Waals surface area contributed by atoms with Crippen LogP contribution in [0.4, 0.5) is 0 Å². The molecule has 0 bridgehead atoms. The van der Waals surface area contributed by atoms with Gasteiger partial charge in [0.05, 0.1) is 0 Å². The van der Waals surface area contributed by atoms with E-state index in [1.807, 2.05) is 0 Å². The lowest BCUT2D eigenvalue weighted by Gasteiger charge is -2.44. The second-order valence-corrected chi connectivity index (χ2v) is 8.27. The molecule has 1 rings (SSSR count). The summed E-state index contributed by atoms with van der Waals surface area (Å²) in [6.07, 6.45) is 8.22. The molecule has 1 aliphatic carbocycles. The third-order valence-electron chi connectivity index (χ3n) is 5.26. The molecule has 0 heterocycles. The molecule has 0 saturated heterocycles.